The van der Waals surface area contributed by atoms with Crippen LogP contribution in [0.15, 0.2) is 29.3 Å². The Morgan fingerprint density at radius 2 is 2.11 bits per heavy atom. The molecule has 1 unspecified atom stereocenters. The number of amides is 1. The van der Waals surface area contributed by atoms with Crippen molar-refractivity contribution < 1.29 is 9.53 Å². The number of benzene rings is 1. The van der Waals surface area contributed by atoms with E-state index in [0.717, 1.165) is 69.0 Å². The zero-order valence-electron chi connectivity index (χ0n) is 16.9. The first-order valence-electron chi connectivity index (χ1n) is 10.1. The number of rotatable bonds is 7. The molecule has 0 radical (unpaired) electrons. The molecule has 1 saturated carbocycles. The Kier molecular flexibility index (Phi) is 9.01. The SMILES string of the molecule is CCNC(=NCc1cccc(NC(=O)C2CCC2)c1)NCC1(C)CCCO1.I. The molecule has 0 bridgehead atoms. The second-order valence-electron chi connectivity index (χ2n) is 7.77. The van der Waals surface area contributed by atoms with Crippen molar-refractivity contribution in [2.75, 3.05) is 25.0 Å². The predicted molar refractivity (Wildman–Crippen MR) is 124 cm³/mol. The average molecular weight is 500 g/mol. The van der Waals surface area contributed by atoms with Gasteiger partial charge in [0.25, 0.3) is 0 Å². The first kappa shape index (κ1) is 22.9. The summed E-state index contributed by atoms with van der Waals surface area (Å²) in [5.74, 6) is 1.12. The number of carbonyl (C=O) groups is 1. The smallest absolute Gasteiger partial charge is 0.227 e. The van der Waals surface area contributed by atoms with E-state index >= 15 is 0 Å². The highest BCUT2D eigenvalue weighted by molar-refractivity contribution is 14.0. The van der Waals surface area contributed by atoms with Crippen LogP contribution < -0.4 is 16.0 Å². The lowest BCUT2D eigenvalue weighted by Gasteiger charge is -2.24. The minimum atomic E-state index is -0.109. The standard InChI is InChI=1S/C21H32N4O2.HI/c1-3-22-20(24-15-21(2)11-6-12-27-21)23-14-16-7-4-10-18(13-16)25-19(26)17-8-5-9-17;/h4,7,10,13,17H,3,5-6,8-9,11-12,14-15H2,1-2H3,(H,25,26)(H2,22,23,24);1H. The predicted octanol–water partition coefficient (Wildman–Crippen LogP) is 3.67. The molecule has 6 nitrogen and oxygen atoms in total. The van der Waals surface area contributed by atoms with E-state index in [1.54, 1.807) is 0 Å². The fourth-order valence-electron chi connectivity index (χ4n) is 3.42. The number of anilines is 1. The molecule has 7 heteroatoms. The number of nitrogens with zero attached hydrogens (tertiary/aromatic N) is 1. The summed E-state index contributed by atoms with van der Waals surface area (Å²) in [5, 5.41) is 9.71. The topological polar surface area (TPSA) is 74.8 Å². The molecule has 1 aliphatic heterocycles. The summed E-state index contributed by atoms with van der Waals surface area (Å²) >= 11 is 0. The van der Waals surface area contributed by atoms with Crippen LogP contribution in [0.1, 0.15) is 51.5 Å². The first-order chi connectivity index (χ1) is 13.1. The van der Waals surface area contributed by atoms with Crippen LogP contribution in [0.3, 0.4) is 0 Å². The van der Waals surface area contributed by atoms with Gasteiger partial charge in [-0.05, 0) is 57.2 Å². The van der Waals surface area contributed by atoms with Gasteiger partial charge in [0, 0.05) is 31.3 Å². The zero-order valence-corrected chi connectivity index (χ0v) is 19.3. The number of ether oxygens (including phenoxy) is 1. The van der Waals surface area contributed by atoms with Crippen molar-refractivity contribution >= 4 is 41.5 Å². The molecule has 28 heavy (non-hydrogen) atoms. The van der Waals surface area contributed by atoms with Gasteiger partial charge in [0.15, 0.2) is 5.96 Å². The Morgan fingerprint density at radius 1 is 1.29 bits per heavy atom. The van der Waals surface area contributed by atoms with Crippen LogP contribution >= 0.6 is 24.0 Å². The highest BCUT2D eigenvalue weighted by Crippen LogP contribution is 2.27. The van der Waals surface area contributed by atoms with Crippen LogP contribution in [0.2, 0.25) is 0 Å². The van der Waals surface area contributed by atoms with Crippen LogP contribution in [0, 0.1) is 5.92 Å². The molecular formula is C21H33IN4O2. The number of guanidine groups is 1. The van der Waals surface area contributed by atoms with Crippen molar-refractivity contribution in [3.63, 3.8) is 0 Å². The van der Waals surface area contributed by atoms with Crippen molar-refractivity contribution in [2.45, 2.75) is 58.1 Å². The maximum absolute atomic E-state index is 12.1. The Labute approximate surface area is 185 Å². The molecule has 156 valence electrons. The van der Waals surface area contributed by atoms with Gasteiger partial charge < -0.3 is 20.7 Å². The zero-order chi connectivity index (χ0) is 19.1. The summed E-state index contributed by atoms with van der Waals surface area (Å²) in [6, 6.07) is 7.94. The molecule has 1 amide bonds. The van der Waals surface area contributed by atoms with Crippen molar-refractivity contribution in [1.29, 1.82) is 0 Å². The van der Waals surface area contributed by atoms with Crippen molar-refractivity contribution in [3.05, 3.63) is 29.8 Å². The van der Waals surface area contributed by atoms with E-state index in [1.807, 2.05) is 24.3 Å². The molecule has 3 N–H and O–H groups in total. The Balaban J connectivity index is 0.00000280. The quantitative estimate of drug-likeness (QED) is 0.304. The van der Waals surface area contributed by atoms with Crippen LogP contribution in [-0.2, 0) is 16.1 Å². The first-order valence-corrected chi connectivity index (χ1v) is 10.1. The molecule has 1 aromatic carbocycles. The third-order valence-corrected chi connectivity index (χ3v) is 5.36. The van der Waals surface area contributed by atoms with E-state index in [4.69, 9.17) is 4.74 Å². The van der Waals surface area contributed by atoms with Crippen molar-refractivity contribution in [1.82, 2.24) is 10.6 Å². The number of aliphatic imine (C=N–C) groups is 1. The number of hydrogen-bond acceptors (Lipinski definition) is 3. The second kappa shape index (κ2) is 11.0. The fourth-order valence-corrected chi connectivity index (χ4v) is 3.42. The minimum absolute atomic E-state index is 0. The third kappa shape index (κ3) is 6.62. The largest absolute Gasteiger partial charge is 0.373 e. The van der Waals surface area contributed by atoms with Gasteiger partial charge in [-0.1, -0.05) is 18.6 Å². The number of hydrogen-bond donors (Lipinski definition) is 3. The van der Waals surface area contributed by atoms with Gasteiger partial charge in [-0.15, -0.1) is 24.0 Å². The van der Waals surface area contributed by atoms with Gasteiger partial charge in [-0.25, -0.2) is 4.99 Å². The third-order valence-electron chi connectivity index (χ3n) is 5.36. The normalized spacial score (nSPS) is 22.1. The molecule has 1 heterocycles. The summed E-state index contributed by atoms with van der Waals surface area (Å²) in [6.07, 6.45) is 5.37. The molecule has 0 spiro atoms. The van der Waals surface area contributed by atoms with Crippen molar-refractivity contribution in [3.8, 4) is 0 Å². The van der Waals surface area contributed by atoms with Gasteiger partial charge in [0.05, 0.1) is 12.1 Å². The van der Waals surface area contributed by atoms with Gasteiger partial charge in [-0.2, -0.15) is 0 Å². The summed E-state index contributed by atoms with van der Waals surface area (Å²) < 4.78 is 5.83. The maximum atomic E-state index is 12.1. The van der Waals surface area contributed by atoms with E-state index in [2.05, 4.69) is 34.8 Å². The Bertz CT molecular complexity index is 670. The molecule has 2 aliphatic rings. The number of carbonyl (C=O) groups excluding carboxylic acids is 1. The number of nitrogens with one attached hydrogen (secondary N) is 3. The van der Waals surface area contributed by atoms with E-state index in [0.29, 0.717) is 6.54 Å². The molecule has 1 saturated heterocycles. The van der Waals surface area contributed by atoms with Crippen LogP contribution in [0.5, 0.6) is 0 Å². The molecule has 2 fully saturated rings. The summed E-state index contributed by atoms with van der Waals surface area (Å²) in [6.45, 7) is 7.15. The maximum Gasteiger partial charge on any atom is 0.227 e. The molecular weight excluding hydrogens is 467 g/mol. The Morgan fingerprint density at radius 3 is 2.75 bits per heavy atom. The highest BCUT2D eigenvalue weighted by atomic mass is 127. The minimum Gasteiger partial charge on any atom is -0.373 e. The Hall–Kier alpha value is -1.35. The summed E-state index contributed by atoms with van der Waals surface area (Å²) in [4.78, 5) is 16.8. The van der Waals surface area contributed by atoms with E-state index in [1.165, 1.54) is 0 Å². The molecule has 0 aromatic heterocycles. The van der Waals surface area contributed by atoms with E-state index in [9.17, 15) is 4.79 Å². The van der Waals surface area contributed by atoms with E-state index in [-0.39, 0.29) is 41.4 Å². The lowest BCUT2D eigenvalue weighted by molar-refractivity contribution is -0.122. The molecule has 1 atom stereocenters. The van der Waals surface area contributed by atoms with Gasteiger partial charge >= 0.3 is 0 Å². The van der Waals surface area contributed by atoms with Crippen LogP contribution in [0.25, 0.3) is 0 Å². The average Bonchev–Trinajstić information content (AvgIpc) is 3.03. The molecule has 1 aromatic rings. The van der Waals surface area contributed by atoms with Crippen LogP contribution in [0.4, 0.5) is 5.69 Å². The van der Waals surface area contributed by atoms with E-state index < -0.39 is 0 Å². The monoisotopic (exact) mass is 500 g/mol. The summed E-state index contributed by atoms with van der Waals surface area (Å²) in [5.41, 5.74) is 1.81. The van der Waals surface area contributed by atoms with Crippen LogP contribution in [-0.4, -0.2) is 37.2 Å². The number of halogens is 1. The van der Waals surface area contributed by atoms with Crippen molar-refractivity contribution in [2.24, 2.45) is 10.9 Å². The van der Waals surface area contributed by atoms with Gasteiger partial charge in [0.1, 0.15) is 0 Å². The summed E-state index contributed by atoms with van der Waals surface area (Å²) in [7, 11) is 0. The van der Waals surface area contributed by atoms with Gasteiger partial charge in [0.2, 0.25) is 5.91 Å². The van der Waals surface area contributed by atoms with Gasteiger partial charge in [-0.3, -0.25) is 4.79 Å². The highest BCUT2D eigenvalue weighted by Gasteiger charge is 2.29. The lowest BCUT2D eigenvalue weighted by Crippen LogP contribution is -2.45. The molecule has 1 aliphatic carbocycles. The molecule has 3 rings (SSSR count). The second-order valence-corrected chi connectivity index (χ2v) is 7.77. The fraction of sp³-hybridized carbons (Fsp3) is 0.619. The lowest BCUT2D eigenvalue weighted by atomic mass is 9.85.